The van der Waals surface area contributed by atoms with Gasteiger partial charge >= 0.3 is 5.97 Å². The fraction of sp³-hybridized carbons (Fsp3) is 0.364. The summed E-state index contributed by atoms with van der Waals surface area (Å²) in [7, 11) is 0. The van der Waals surface area contributed by atoms with Crippen molar-refractivity contribution in [1.29, 1.82) is 0 Å². The minimum Gasteiger partial charge on any atom is -0.506 e. The van der Waals surface area contributed by atoms with Crippen LogP contribution in [0.1, 0.15) is 5.56 Å². The molecule has 1 aromatic carbocycles. The van der Waals surface area contributed by atoms with Gasteiger partial charge in [-0.1, -0.05) is 0 Å². The van der Waals surface area contributed by atoms with Gasteiger partial charge in [-0.25, -0.2) is 0 Å². The molecule has 0 fully saturated rings. The van der Waals surface area contributed by atoms with Crippen molar-refractivity contribution in [3.8, 4) is 17.2 Å². The second kappa shape index (κ2) is 5.03. The number of benzene rings is 1. The van der Waals surface area contributed by atoms with E-state index in [1.165, 1.54) is 0 Å². The van der Waals surface area contributed by atoms with Crippen LogP contribution in [0.15, 0.2) is 10.5 Å². The Labute approximate surface area is 111 Å². The maximum atomic E-state index is 10.7. The van der Waals surface area contributed by atoms with Crippen molar-refractivity contribution in [1.82, 2.24) is 0 Å². The third-order valence-corrected chi connectivity index (χ3v) is 3.32. The molecule has 18 heavy (non-hydrogen) atoms. The maximum Gasteiger partial charge on any atom is 0.320 e. The first-order valence-electron chi connectivity index (χ1n) is 5.29. The summed E-state index contributed by atoms with van der Waals surface area (Å²) < 4.78 is 11.1. The van der Waals surface area contributed by atoms with E-state index in [2.05, 4.69) is 15.9 Å². The van der Waals surface area contributed by atoms with Crippen LogP contribution in [-0.4, -0.2) is 35.4 Å². The lowest BCUT2D eigenvalue weighted by atomic mass is 10.0. The number of carbonyl (C=O) groups is 1. The van der Waals surface area contributed by atoms with E-state index in [0.717, 1.165) is 0 Å². The number of ether oxygens (including phenoxy) is 2. The maximum absolute atomic E-state index is 10.7. The molecule has 1 aliphatic rings. The smallest absolute Gasteiger partial charge is 0.320 e. The van der Waals surface area contributed by atoms with E-state index in [-0.39, 0.29) is 12.2 Å². The first-order chi connectivity index (χ1) is 8.50. The van der Waals surface area contributed by atoms with E-state index in [4.69, 9.17) is 20.3 Å². The van der Waals surface area contributed by atoms with Crippen molar-refractivity contribution in [2.24, 2.45) is 5.73 Å². The zero-order valence-electron chi connectivity index (χ0n) is 9.35. The second-order valence-electron chi connectivity index (χ2n) is 3.87. The van der Waals surface area contributed by atoms with Crippen LogP contribution in [0.2, 0.25) is 0 Å². The molecule has 0 aliphatic carbocycles. The summed E-state index contributed by atoms with van der Waals surface area (Å²) in [6, 6.07) is 0.475. The second-order valence-corrected chi connectivity index (χ2v) is 4.66. The van der Waals surface area contributed by atoms with Crippen molar-refractivity contribution in [2.45, 2.75) is 12.5 Å². The molecule has 4 N–H and O–H groups in total. The number of phenolic OH excluding ortho intramolecular Hbond substituents is 1. The zero-order valence-corrected chi connectivity index (χ0v) is 10.9. The topological polar surface area (TPSA) is 102 Å². The van der Waals surface area contributed by atoms with Gasteiger partial charge in [0.15, 0.2) is 11.5 Å². The van der Waals surface area contributed by atoms with E-state index in [0.29, 0.717) is 34.7 Å². The highest BCUT2D eigenvalue weighted by molar-refractivity contribution is 9.10. The molecule has 2 rings (SSSR count). The Hall–Kier alpha value is -1.47. The molecule has 0 aromatic heterocycles. The number of carboxylic acid groups (broad SMARTS) is 1. The van der Waals surface area contributed by atoms with Gasteiger partial charge in [-0.3, -0.25) is 4.79 Å². The molecule has 0 amide bonds. The summed E-state index contributed by atoms with van der Waals surface area (Å²) in [5.41, 5.74) is 5.85. The molecular formula is C11H12BrNO5. The van der Waals surface area contributed by atoms with Gasteiger partial charge < -0.3 is 25.4 Å². The SMILES string of the molecule is NC(Cc1cc2c(c(Br)c1O)OCCO2)C(=O)O. The molecule has 1 aromatic rings. The monoisotopic (exact) mass is 317 g/mol. The van der Waals surface area contributed by atoms with Crippen LogP contribution in [0.25, 0.3) is 0 Å². The van der Waals surface area contributed by atoms with Crippen LogP contribution in [-0.2, 0) is 11.2 Å². The first-order valence-corrected chi connectivity index (χ1v) is 6.08. The van der Waals surface area contributed by atoms with Gasteiger partial charge in [-0.15, -0.1) is 0 Å². The third-order valence-electron chi connectivity index (χ3n) is 2.58. The predicted octanol–water partition coefficient (Wildman–Crippen LogP) is 0.880. The lowest BCUT2D eigenvalue weighted by Crippen LogP contribution is -2.32. The van der Waals surface area contributed by atoms with E-state index < -0.39 is 12.0 Å². The first kappa shape index (κ1) is 13.0. The number of aromatic hydroxyl groups is 1. The minimum atomic E-state index is -1.12. The Balaban J connectivity index is 2.37. The van der Waals surface area contributed by atoms with E-state index >= 15 is 0 Å². The normalized spacial score (nSPS) is 15.2. The largest absolute Gasteiger partial charge is 0.506 e. The summed E-state index contributed by atoms with van der Waals surface area (Å²) in [4.78, 5) is 10.7. The number of fused-ring (bicyclic) bond motifs is 1. The van der Waals surface area contributed by atoms with Crippen LogP contribution >= 0.6 is 15.9 Å². The highest BCUT2D eigenvalue weighted by Crippen LogP contribution is 2.45. The van der Waals surface area contributed by atoms with Crippen LogP contribution in [0, 0.1) is 0 Å². The van der Waals surface area contributed by atoms with E-state index in [9.17, 15) is 9.90 Å². The standard InChI is InChI=1S/C11H12BrNO5/c12-8-9(14)5(3-6(13)11(15)16)4-7-10(8)18-2-1-17-7/h4,6,14H,1-3,13H2,(H,15,16). The van der Waals surface area contributed by atoms with Crippen molar-refractivity contribution in [3.63, 3.8) is 0 Å². The Bertz CT molecular complexity index is 491. The zero-order chi connectivity index (χ0) is 13.3. The Morgan fingerprint density at radius 2 is 2.17 bits per heavy atom. The number of carboxylic acids is 1. The van der Waals surface area contributed by atoms with E-state index in [1.54, 1.807) is 6.07 Å². The summed E-state index contributed by atoms with van der Waals surface area (Å²) in [5.74, 6) is -0.304. The number of hydrogen-bond acceptors (Lipinski definition) is 5. The van der Waals surface area contributed by atoms with Gasteiger partial charge in [0.25, 0.3) is 0 Å². The summed E-state index contributed by atoms with van der Waals surface area (Å²) >= 11 is 3.20. The molecule has 1 aliphatic heterocycles. The van der Waals surface area contributed by atoms with Gasteiger partial charge in [-0.05, 0) is 22.0 Å². The quantitative estimate of drug-likeness (QED) is 0.765. The van der Waals surface area contributed by atoms with Crippen LogP contribution in [0.3, 0.4) is 0 Å². The van der Waals surface area contributed by atoms with Gasteiger partial charge in [0.2, 0.25) is 0 Å². The fourth-order valence-corrected chi connectivity index (χ4v) is 2.23. The Morgan fingerprint density at radius 1 is 1.50 bits per heavy atom. The van der Waals surface area contributed by atoms with Gasteiger partial charge in [-0.2, -0.15) is 0 Å². The van der Waals surface area contributed by atoms with Crippen molar-refractivity contribution < 1.29 is 24.5 Å². The van der Waals surface area contributed by atoms with Crippen molar-refractivity contribution >= 4 is 21.9 Å². The number of halogens is 1. The number of nitrogens with two attached hydrogens (primary N) is 1. The average molecular weight is 318 g/mol. The highest BCUT2D eigenvalue weighted by atomic mass is 79.9. The van der Waals surface area contributed by atoms with Crippen LogP contribution in [0.4, 0.5) is 0 Å². The lowest BCUT2D eigenvalue weighted by molar-refractivity contribution is -0.138. The number of aliphatic carboxylic acids is 1. The van der Waals surface area contributed by atoms with Crippen molar-refractivity contribution in [3.05, 3.63) is 16.1 Å². The highest BCUT2D eigenvalue weighted by Gasteiger charge is 2.23. The molecule has 98 valence electrons. The predicted molar refractivity (Wildman–Crippen MR) is 66.1 cm³/mol. The van der Waals surface area contributed by atoms with Crippen LogP contribution in [0.5, 0.6) is 17.2 Å². The number of hydrogen-bond donors (Lipinski definition) is 3. The number of phenols is 1. The molecule has 1 atom stereocenters. The summed E-state index contributed by atoms with van der Waals surface area (Å²) in [6.45, 7) is 0.813. The van der Waals surface area contributed by atoms with E-state index in [1.807, 2.05) is 0 Å². The number of rotatable bonds is 3. The molecule has 0 spiro atoms. The lowest BCUT2D eigenvalue weighted by Gasteiger charge is -2.22. The summed E-state index contributed by atoms with van der Waals surface area (Å²) in [6.07, 6.45) is 0.0103. The molecule has 1 unspecified atom stereocenters. The Morgan fingerprint density at radius 3 is 2.83 bits per heavy atom. The molecular weight excluding hydrogens is 306 g/mol. The molecule has 7 heteroatoms. The van der Waals surface area contributed by atoms with Crippen LogP contribution < -0.4 is 15.2 Å². The molecule has 0 saturated heterocycles. The van der Waals surface area contributed by atoms with Gasteiger partial charge in [0.05, 0.1) is 0 Å². The third kappa shape index (κ3) is 2.37. The average Bonchev–Trinajstić information content (AvgIpc) is 2.35. The summed E-state index contributed by atoms with van der Waals surface area (Å²) in [5, 5.41) is 18.7. The van der Waals surface area contributed by atoms with Gasteiger partial charge in [0, 0.05) is 12.0 Å². The fourth-order valence-electron chi connectivity index (χ4n) is 1.67. The molecule has 0 radical (unpaired) electrons. The molecule has 0 saturated carbocycles. The molecule has 1 heterocycles. The minimum absolute atomic E-state index is 0.0103. The van der Waals surface area contributed by atoms with Gasteiger partial charge in [0.1, 0.15) is 29.5 Å². The Kier molecular flexibility index (Phi) is 3.63. The molecule has 0 bridgehead atoms. The molecule has 6 nitrogen and oxygen atoms in total. The van der Waals surface area contributed by atoms with Crippen molar-refractivity contribution in [2.75, 3.05) is 13.2 Å².